The van der Waals surface area contributed by atoms with Crippen LogP contribution in [-0.4, -0.2) is 43.1 Å². The molecular formula is C17H30FIN4. The minimum absolute atomic E-state index is 0. The fourth-order valence-electron chi connectivity index (χ4n) is 2.42. The number of halogens is 2. The number of aliphatic imine (C=N–C) groups is 1. The molecule has 4 nitrogen and oxygen atoms in total. The molecular weight excluding hydrogens is 406 g/mol. The minimum Gasteiger partial charge on any atom is -0.355 e. The van der Waals surface area contributed by atoms with Gasteiger partial charge < -0.3 is 10.6 Å². The molecule has 0 atom stereocenters. The highest BCUT2D eigenvalue weighted by molar-refractivity contribution is 14.0. The van der Waals surface area contributed by atoms with E-state index in [1.807, 2.05) is 0 Å². The van der Waals surface area contributed by atoms with Crippen LogP contribution in [0, 0.1) is 5.82 Å². The summed E-state index contributed by atoms with van der Waals surface area (Å²) >= 11 is 0. The van der Waals surface area contributed by atoms with E-state index in [1.165, 1.54) is 12.1 Å². The van der Waals surface area contributed by atoms with E-state index >= 15 is 0 Å². The summed E-state index contributed by atoms with van der Waals surface area (Å²) < 4.78 is 12.9. The first-order valence-electron chi connectivity index (χ1n) is 7.88. The van der Waals surface area contributed by atoms with Crippen molar-refractivity contribution in [1.82, 2.24) is 15.5 Å². The van der Waals surface area contributed by atoms with Gasteiger partial charge in [0.2, 0.25) is 0 Å². The van der Waals surface area contributed by atoms with Gasteiger partial charge in [0, 0.05) is 38.8 Å². The molecule has 1 aromatic rings. The Hall–Kier alpha value is -0.890. The predicted octanol–water partition coefficient (Wildman–Crippen LogP) is 3.23. The van der Waals surface area contributed by atoms with E-state index in [-0.39, 0.29) is 29.8 Å². The summed E-state index contributed by atoms with van der Waals surface area (Å²) in [6.45, 7) is 11.3. The van der Waals surface area contributed by atoms with E-state index in [0.29, 0.717) is 18.6 Å². The minimum atomic E-state index is -0.214. The lowest BCUT2D eigenvalue weighted by Gasteiger charge is -2.30. The Balaban J connectivity index is 0.00000484. The smallest absolute Gasteiger partial charge is 0.191 e. The van der Waals surface area contributed by atoms with Crippen molar-refractivity contribution in [2.24, 2.45) is 4.99 Å². The van der Waals surface area contributed by atoms with E-state index in [0.717, 1.165) is 24.6 Å². The fraction of sp³-hybridized carbons (Fsp3) is 0.588. The Labute approximate surface area is 157 Å². The van der Waals surface area contributed by atoms with Crippen molar-refractivity contribution in [3.63, 3.8) is 0 Å². The maximum Gasteiger partial charge on any atom is 0.191 e. The molecule has 2 N–H and O–H groups in total. The molecule has 0 saturated heterocycles. The van der Waals surface area contributed by atoms with Gasteiger partial charge in [0.05, 0.1) is 0 Å². The second-order valence-corrected chi connectivity index (χ2v) is 5.90. The molecule has 0 fully saturated rings. The summed E-state index contributed by atoms with van der Waals surface area (Å²) in [5.74, 6) is 0.547. The largest absolute Gasteiger partial charge is 0.355 e. The van der Waals surface area contributed by atoms with Crippen molar-refractivity contribution < 1.29 is 4.39 Å². The third kappa shape index (κ3) is 8.50. The number of guanidine groups is 1. The van der Waals surface area contributed by atoms with Crippen molar-refractivity contribution in [1.29, 1.82) is 0 Å². The average molecular weight is 436 g/mol. The number of nitrogens with one attached hydrogen (secondary N) is 2. The summed E-state index contributed by atoms with van der Waals surface area (Å²) in [4.78, 5) is 6.64. The number of benzene rings is 1. The highest BCUT2D eigenvalue weighted by atomic mass is 127. The third-order valence-electron chi connectivity index (χ3n) is 3.59. The van der Waals surface area contributed by atoms with E-state index in [4.69, 9.17) is 0 Å². The molecule has 1 aromatic carbocycles. The lowest BCUT2D eigenvalue weighted by molar-refractivity contribution is 0.178. The molecule has 0 aliphatic rings. The van der Waals surface area contributed by atoms with Crippen LogP contribution >= 0.6 is 24.0 Å². The van der Waals surface area contributed by atoms with Crippen LogP contribution in [0.4, 0.5) is 4.39 Å². The predicted molar refractivity (Wildman–Crippen MR) is 107 cm³/mol. The Morgan fingerprint density at radius 3 is 2.13 bits per heavy atom. The van der Waals surface area contributed by atoms with Crippen LogP contribution in [-0.2, 0) is 6.54 Å². The standard InChI is InChI=1S/C17H29FN4.HI/c1-13(2)22(14(3)4)11-10-20-17(19-5)21-12-15-6-8-16(18)9-7-15;/h6-9,13-14H,10-12H2,1-5H3,(H2,19,20,21);1H. The van der Waals surface area contributed by atoms with Gasteiger partial charge in [-0.05, 0) is 45.4 Å². The van der Waals surface area contributed by atoms with Crippen LogP contribution in [0.3, 0.4) is 0 Å². The fourth-order valence-corrected chi connectivity index (χ4v) is 2.42. The second kappa shape index (κ2) is 11.6. The molecule has 23 heavy (non-hydrogen) atoms. The zero-order valence-electron chi connectivity index (χ0n) is 14.8. The number of nitrogens with zero attached hydrogens (tertiary/aromatic N) is 2. The van der Waals surface area contributed by atoms with Crippen molar-refractivity contribution in [2.45, 2.75) is 46.3 Å². The summed E-state index contributed by atoms with van der Waals surface area (Å²) in [6.07, 6.45) is 0. The Kier molecular flexibility index (Phi) is 11.2. The van der Waals surface area contributed by atoms with Gasteiger partial charge in [-0.3, -0.25) is 9.89 Å². The number of hydrogen-bond acceptors (Lipinski definition) is 2. The van der Waals surface area contributed by atoms with Gasteiger partial charge in [0.1, 0.15) is 5.82 Å². The molecule has 0 saturated carbocycles. The highest BCUT2D eigenvalue weighted by Crippen LogP contribution is 2.03. The van der Waals surface area contributed by atoms with Crippen molar-refractivity contribution in [3.8, 4) is 0 Å². The lowest BCUT2D eigenvalue weighted by Crippen LogP contribution is -2.45. The van der Waals surface area contributed by atoms with Crippen LogP contribution in [0.2, 0.25) is 0 Å². The van der Waals surface area contributed by atoms with Crippen molar-refractivity contribution >= 4 is 29.9 Å². The summed E-state index contributed by atoms with van der Waals surface area (Å²) in [7, 11) is 1.75. The summed E-state index contributed by atoms with van der Waals surface area (Å²) in [6, 6.07) is 7.53. The van der Waals surface area contributed by atoms with Crippen molar-refractivity contribution in [3.05, 3.63) is 35.6 Å². The number of hydrogen-bond donors (Lipinski definition) is 2. The van der Waals surface area contributed by atoms with Gasteiger partial charge in [-0.15, -0.1) is 24.0 Å². The molecule has 0 spiro atoms. The lowest BCUT2D eigenvalue weighted by atomic mass is 10.2. The third-order valence-corrected chi connectivity index (χ3v) is 3.59. The van der Waals surface area contributed by atoms with Crippen LogP contribution in [0.25, 0.3) is 0 Å². The highest BCUT2D eigenvalue weighted by Gasteiger charge is 2.12. The first kappa shape index (κ1) is 22.1. The summed E-state index contributed by atoms with van der Waals surface area (Å²) in [5.41, 5.74) is 1.02. The van der Waals surface area contributed by atoms with Gasteiger partial charge in [-0.2, -0.15) is 0 Å². The monoisotopic (exact) mass is 436 g/mol. The molecule has 1 rings (SSSR count). The second-order valence-electron chi connectivity index (χ2n) is 5.90. The molecule has 0 amide bonds. The molecule has 0 aliphatic carbocycles. The zero-order valence-corrected chi connectivity index (χ0v) is 17.1. The average Bonchev–Trinajstić information content (AvgIpc) is 2.47. The van der Waals surface area contributed by atoms with Crippen molar-refractivity contribution in [2.75, 3.05) is 20.1 Å². The van der Waals surface area contributed by atoms with Gasteiger partial charge in [-0.1, -0.05) is 12.1 Å². The first-order valence-corrected chi connectivity index (χ1v) is 7.88. The topological polar surface area (TPSA) is 39.7 Å². The Bertz CT molecular complexity index is 452. The van der Waals surface area contributed by atoms with Crippen LogP contribution in [0.1, 0.15) is 33.3 Å². The quantitative estimate of drug-likeness (QED) is 0.392. The van der Waals surface area contributed by atoms with E-state index in [2.05, 4.69) is 48.2 Å². The normalized spacial score (nSPS) is 11.8. The van der Waals surface area contributed by atoms with Gasteiger partial charge in [0.15, 0.2) is 5.96 Å². The molecule has 0 radical (unpaired) electrons. The molecule has 0 heterocycles. The van der Waals surface area contributed by atoms with Crippen LogP contribution in [0.15, 0.2) is 29.3 Å². The molecule has 0 unspecified atom stereocenters. The van der Waals surface area contributed by atoms with Gasteiger partial charge in [-0.25, -0.2) is 4.39 Å². The Morgan fingerprint density at radius 1 is 1.09 bits per heavy atom. The van der Waals surface area contributed by atoms with Gasteiger partial charge >= 0.3 is 0 Å². The molecule has 0 bridgehead atoms. The van der Waals surface area contributed by atoms with Crippen LogP contribution in [0.5, 0.6) is 0 Å². The van der Waals surface area contributed by atoms with E-state index in [1.54, 1.807) is 19.2 Å². The first-order chi connectivity index (χ1) is 10.4. The molecule has 132 valence electrons. The summed E-state index contributed by atoms with van der Waals surface area (Å²) in [5, 5.41) is 6.55. The molecule has 0 aliphatic heterocycles. The maximum absolute atomic E-state index is 12.9. The Morgan fingerprint density at radius 2 is 1.65 bits per heavy atom. The van der Waals surface area contributed by atoms with E-state index in [9.17, 15) is 4.39 Å². The number of rotatable bonds is 7. The van der Waals surface area contributed by atoms with Crippen LogP contribution < -0.4 is 10.6 Å². The van der Waals surface area contributed by atoms with E-state index < -0.39 is 0 Å². The van der Waals surface area contributed by atoms with Gasteiger partial charge in [0.25, 0.3) is 0 Å². The zero-order chi connectivity index (χ0) is 16.5. The molecule has 0 aromatic heterocycles. The molecule has 6 heteroatoms. The SMILES string of the molecule is CN=C(NCCN(C(C)C)C(C)C)NCc1ccc(F)cc1.I. The maximum atomic E-state index is 12.9.